The van der Waals surface area contributed by atoms with Gasteiger partial charge in [0.25, 0.3) is 0 Å². The predicted molar refractivity (Wildman–Crippen MR) is 72.5 cm³/mol. The molecule has 0 aliphatic carbocycles. The molecule has 0 saturated heterocycles. The minimum absolute atomic E-state index is 0.00711. The Hall–Kier alpha value is -2.00. The lowest BCUT2D eigenvalue weighted by molar-refractivity contribution is 0.101. The zero-order chi connectivity index (χ0) is 12.9. The number of hydrogen-bond donors (Lipinski definition) is 2. The number of benzene rings is 2. The van der Waals surface area contributed by atoms with Gasteiger partial charge >= 0.3 is 0 Å². The van der Waals surface area contributed by atoms with Gasteiger partial charge in [-0.15, -0.1) is 0 Å². The molecular weight excluding hydrogens is 250 g/mol. The van der Waals surface area contributed by atoms with Gasteiger partial charge in [-0.1, -0.05) is 17.7 Å². The Labute approximate surface area is 108 Å². The molecule has 3 nitrogen and oxygen atoms in total. The van der Waals surface area contributed by atoms with Gasteiger partial charge in [0, 0.05) is 21.3 Å². The third-order valence-corrected chi connectivity index (χ3v) is 3.32. The molecule has 18 heavy (non-hydrogen) atoms. The van der Waals surface area contributed by atoms with Gasteiger partial charge in [0.05, 0.1) is 11.1 Å². The summed E-state index contributed by atoms with van der Waals surface area (Å²) in [4.78, 5) is 14.5. The minimum Gasteiger partial charge on any atom is -0.505 e. The lowest BCUT2D eigenvalue weighted by Crippen LogP contribution is -1.92. The number of nitrogens with one attached hydrogen (secondary N) is 1. The maximum absolute atomic E-state index is 11.4. The standard InChI is InChI=1S/C14H10ClNO2/c1-7(17)9-3-4-10-11-6-8(15)2-5-12(11)16-13(10)14(9)18/h2-6,16,18H,1H3. The van der Waals surface area contributed by atoms with Crippen molar-refractivity contribution in [2.45, 2.75) is 6.92 Å². The number of Topliss-reactive ketones (excluding diaryl/α,β-unsaturated/α-hetero) is 1. The van der Waals surface area contributed by atoms with Crippen LogP contribution < -0.4 is 0 Å². The third kappa shape index (κ3) is 1.48. The van der Waals surface area contributed by atoms with Gasteiger partial charge in [0.2, 0.25) is 0 Å². The molecule has 0 amide bonds. The highest BCUT2D eigenvalue weighted by Crippen LogP contribution is 2.34. The molecule has 0 unspecified atom stereocenters. The normalized spacial score (nSPS) is 11.2. The van der Waals surface area contributed by atoms with Crippen LogP contribution in [0, 0.1) is 0 Å². The van der Waals surface area contributed by atoms with Crippen molar-refractivity contribution in [2.24, 2.45) is 0 Å². The minimum atomic E-state index is -0.161. The topological polar surface area (TPSA) is 53.1 Å². The number of aromatic amines is 1. The maximum Gasteiger partial charge on any atom is 0.163 e. The number of phenolic OH excluding ortho intramolecular Hbond substituents is 1. The molecule has 0 radical (unpaired) electrons. The largest absolute Gasteiger partial charge is 0.505 e. The quantitative estimate of drug-likeness (QED) is 0.652. The van der Waals surface area contributed by atoms with E-state index in [0.717, 1.165) is 16.3 Å². The summed E-state index contributed by atoms with van der Waals surface area (Å²) in [7, 11) is 0. The molecule has 1 heterocycles. The predicted octanol–water partition coefficient (Wildman–Crippen LogP) is 3.88. The Bertz CT molecular complexity index is 789. The molecule has 0 saturated carbocycles. The Kier molecular flexibility index (Phi) is 2.31. The lowest BCUT2D eigenvalue weighted by Gasteiger charge is -2.01. The number of H-pyrrole nitrogens is 1. The molecule has 1 aromatic heterocycles. The van der Waals surface area contributed by atoms with E-state index in [0.29, 0.717) is 16.1 Å². The van der Waals surface area contributed by atoms with Gasteiger partial charge in [-0.2, -0.15) is 0 Å². The van der Waals surface area contributed by atoms with Crippen molar-refractivity contribution in [3.05, 3.63) is 40.9 Å². The summed E-state index contributed by atoms with van der Waals surface area (Å²) >= 11 is 5.97. The van der Waals surface area contributed by atoms with Gasteiger partial charge in [-0.3, -0.25) is 4.79 Å². The van der Waals surface area contributed by atoms with Gasteiger partial charge in [0.15, 0.2) is 5.78 Å². The van der Waals surface area contributed by atoms with Crippen molar-refractivity contribution in [1.82, 2.24) is 4.98 Å². The number of halogens is 1. The lowest BCUT2D eigenvalue weighted by atomic mass is 10.1. The number of rotatable bonds is 1. The molecule has 0 fully saturated rings. The van der Waals surface area contributed by atoms with Crippen LogP contribution in [0.1, 0.15) is 17.3 Å². The van der Waals surface area contributed by atoms with Gasteiger partial charge in [-0.05, 0) is 31.2 Å². The number of phenols is 1. The van der Waals surface area contributed by atoms with Gasteiger partial charge < -0.3 is 10.1 Å². The van der Waals surface area contributed by atoms with Crippen LogP contribution >= 0.6 is 11.6 Å². The van der Waals surface area contributed by atoms with E-state index in [4.69, 9.17) is 11.6 Å². The molecule has 0 bridgehead atoms. The fraction of sp³-hybridized carbons (Fsp3) is 0.0714. The highest BCUT2D eigenvalue weighted by atomic mass is 35.5. The first-order chi connectivity index (χ1) is 8.58. The van der Waals surface area contributed by atoms with Gasteiger partial charge in [0.1, 0.15) is 5.75 Å². The number of aromatic nitrogens is 1. The Morgan fingerprint density at radius 1 is 1.22 bits per heavy atom. The summed E-state index contributed by atoms with van der Waals surface area (Å²) in [6.45, 7) is 1.43. The highest BCUT2D eigenvalue weighted by molar-refractivity contribution is 6.32. The summed E-state index contributed by atoms with van der Waals surface area (Å²) in [5.41, 5.74) is 1.77. The molecule has 4 heteroatoms. The van der Waals surface area contributed by atoms with E-state index in [-0.39, 0.29) is 11.5 Å². The zero-order valence-electron chi connectivity index (χ0n) is 9.62. The van der Waals surface area contributed by atoms with Gasteiger partial charge in [-0.25, -0.2) is 0 Å². The molecular formula is C14H10ClNO2. The van der Waals surface area contributed by atoms with E-state index >= 15 is 0 Å². The van der Waals surface area contributed by atoms with E-state index < -0.39 is 0 Å². The SMILES string of the molecule is CC(=O)c1ccc2c([nH]c3ccc(Cl)cc32)c1O. The number of ketones is 1. The molecule has 0 aliphatic rings. The van der Waals surface area contributed by atoms with Crippen LogP contribution in [0.4, 0.5) is 0 Å². The number of carbonyl (C=O) groups excluding carboxylic acids is 1. The number of carbonyl (C=O) groups is 1. The summed E-state index contributed by atoms with van der Waals surface area (Å²) in [5.74, 6) is -0.168. The van der Waals surface area contributed by atoms with Crippen LogP contribution in [0.3, 0.4) is 0 Å². The molecule has 2 N–H and O–H groups in total. The van der Waals surface area contributed by atoms with Crippen LogP contribution in [0.2, 0.25) is 5.02 Å². The van der Waals surface area contributed by atoms with E-state index in [2.05, 4.69) is 4.98 Å². The first-order valence-electron chi connectivity index (χ1n) is 5.52. The number of fused-ring (bicyclic) bond motifs is 3. The van der Waals surface area contributed by atoms with Crippen LogP contribution in [0.25, 0.3) is 21.8 Å². The van der Waals surface area contributed by atoms with E-state index in [1.54, 1.807) is 12.1 Å². The van der Waals surface area contributed by atoms with Crippen molar-refractivity contribution >= 4 is 39.2 Å². The molecule has 90 valence electrons. The monoisotopic (exact) mass is 259 g/mol. The maximum atomic E-state index is 11.4. The first-order valence-corrected chi connectivity index (χ1v) is 5.89. The molecule has 3 aromatic rings. The summed E-state index contributed by atoms with van der Waals surface area (Å²) in [6, 6.07) is 8.92. The Balaban J connectivity index is 2.47. The highest BCUT2D eigenvalue weighted by Gasteiger charge is 2.14. The molecule has 3 rings (SSSR count). The zero-order valence-corrected chi connectivity index (χ0v) is 10.4. The van der Waals surface area contributed by atoms with E-state index in [1.165, 1.54) is 6.92 Å². The first kappa shape index (κ1) is 11.1. The fourth-order valence-corrected chi connectivity index (χ4v) is 2.38. The van der Waals surface area contributed by atoms with Crippen LogP contribution in [0.5, 0.6) is 5.75 Å². The van der Waals surface area contributed by atoms with Crippen LogP contribution in [0.15, 0.2) is 30.3 Å². The molecule has 0 spiro atoms. The number of aromatic hydroxyl groups is 1. The van der Waals surface area contributed by atoms with E-state index in [9.17, 15) is 9.90 Å². The Morgan fingerprint density at radius 3 is 2.72 bits per heavy atom. The van der Waals surface area contributed by atoms with Crippen molar-refractivity contribution in [1.29, 1.82) is 0 Å². The average molecular weight is 260 g/mol. The third-order valence-electron chi connectivity index (χ3n) is 3.09. The van der Waals surface area contributed by atoms with Crippen molar-refractivity contribution < 1.29 is 9.90 Å². The van der Waals surface area contributed by atoms with Crippen molar-refractivity contribution in [3.63, 3.8) is 0 Å². The summed E-state index contributed by atoms with van der Waals surface area (Å²) < 4.78 is 0. The fourth-order valence-electron chi connectivity index (χ4n) is 2.21. The molecule has 0 atom stereocenters. The van der Waals surface area contributed by atoms with Crippen molar-refractivity contribution in [2.75, 3.05) is 0 Å². The van der Waals surface area contributed by atoms with E-state index in [1.807, 2.05) is 18.2 Å². The second-order valence-corrected chi connectivity index (χ2v) is 4.69. The average Bonchev–Trinajstić information content (AvgIpc) is 2.68. The Morgan fingerprint density at radius 2 is 2.00 bits per heavy atom. The van der Waals surface area contributed by atoms with Crippen LogP contribution in [-0.2, 0) is 0 Å². The second kappa shape index (κ2) is 3.75. The second-order valence-electron chi connectivity index (χ2n) is 4.26. The molecule has 2 aromatic carbocycles. The molecule has 0 aliphatic heterocycles. The summed E-state index contributed by atoms with van der Waals surface area (Å²) in [5, 5.41) is 12.5. The number of hydrogen-bond acceptors (Lipinski definition) is 2. The van der Waals surface area contributed by atoms with Crippen LogP contribution in [-0.4, -0.2) is 15.9 Å². The summed E-state index contributed by atoms with van der Waals surface area (Å²) in [6.07, 6.45) is 0. The van der Waals surface area contributed by atoms with Crippen molar-refractivity contribution in [3.8, 4) is 5.75 Å². The smallest absolute Gasteiger partial charge is 0.163 e.